The van der Waals surface area contributed by atoms with Crippen LogP contribution in [0, 0.1) is 0 Å². The van der Waals surface area contributed by atoms with Gasteiger partial charge in [-0.05, 0) is 55.8 Å². The molecule has 2 N–H and O–H groups in total. The predicted molar refractivity (Wildman–Crippen MR) is 94.7 cm³/mol. The first kappa shape index (κ1) is 16.9. The Balaban J connectivity index is 1.37. The van der Waals surface area contributed by atoms with Gasteiger partial charge in [0.2, 0.25) is 0 Å². The standard InChI is InChI=1S/C18H25BrN2O2/c1-2-21(11-18(22)23)17-9-16(10-17)20-15-7-13(8-15)12-3-5-14(19)6-4-12/h3-6,13,15-17,20H,2,7-11H2,1H3,(H,22,23). The van der Waals surface area contributed by atoms with Gasteiger partial charge in [0.15, 0.2) is 0 Å². The lowest BCUT2D eigenvalue weighted by Crippen LogP contribution is -2.57. The SMILES string of the molecule is CCN(CC(=O)O)C1CC(NC2CC(c3ccc(Br)cc3)C2)C1. The second kappa shape index (κ2) is 7.32. The van der Waals surface area contributed by atoms with Crippen LogP contribution in [0.4, 0.5) is 0 Å². The number of hydrogen-bond donors (Lipinski definition) is 2. The average Bonchev–Trinajstić information content (AvgIpc) is 2.43. The van der Waals surface area contributed by atoms with E-state index < -0.39 is 5.97 Å². The van der Waals surface area contributed by atoms with Crippen molar-refractivity contribution in [3.05, 3.63) is 34.3 Å². The zero-order valence-corrected chi connectivity index (χ0v) is 15.1. The number of likely N-dealkylation sites (N-methyl/N-ethyl adjacent to an activating group) is 1. The summed E-state index contributed by atoms with van der Waals surface area (Å²) in [7, 11) is 0. The maximum atomic E-state index is 10.9. The van der Waals surface area contributed by atoms with Crippen molar-refractivity contribution in [3.8, 4) is 0 Å². The topological polar surface area (TPSA) is 52.6 Å². The Labute approximate surface area is 146 Å². The maximum Gasteiger partial charge on any atom is 0.317 e. The summed E-state index contributed by atoms with van der Waals surface area (Å²) in [5.74, 6) is -0.0322. The fourth-order valence-corrected chi connectivity index (χ4v) is 4.05. The normalized spacial score (nSPS) is 29.9. The first-order valence-corrected chi connectivity index (χ1v) is 9.31. The van der Waals surface area contributed by atoms with E-state index in [0.717, 1.165) is 23.9 Å². The highest BCUT2D eigenvalue weighted by molar-refractivity contribution is 9.10. The molecule has 3 rings (SSSR count). The molecule has 2 saturated carbocycles. The second-order valence-electron chi connectivity index (χ2n) is 6.86. The molecule has 0 aliphatic heterocycles. The fourth-order valence-electron chi connectivity index (χ4n) is 3.79. The van der Waals surface area contributed by atoms with Crippen molar-refractivity contribution < 1.29 is 9.90 Å². The van der Waals surface area contributed by atoms with Gasteiger partial charge >= 0.3 is 5.97 Å². The largest absolute Gasteiger partial charge is 0.480 e. The molecular weight excluding hydrogens is 356 g/mol. The Morgan fingerprint density at radius 1 is 1.22 bits per heavy atom. The van der Waals surface area contributed by atoms with Crippen LogP contribution in [0.1, 0.15) is 44.1 Å². The van der Waals surface area contributed by atoms with Crippen LogP contribution in [0.2, 0.25) is 0 Å². The summed E-state index contributed by atoms with van der Waals surface area (Å²) in [5, 5.41) is 12.7. The first-order chi connectivity index (χ1) is 11.0. The molecule has 0 bridgehead atoms. The fraction of sp³-hybridized carbons (Fsp3) is 0.611. The zero-order chi connectivity index (χ0) is 16.4. The van der Waals surface area contributed by atoms with E-state index in [-0.39, 0.29) is 6.54 Å². The molecule has 0 atom stereocenters. The van der Waals surface area contributed by atoms with E-state index in [9.17, 15) is 4.79 Å². The molecule has 2 aliphatic carbocycles. The molecule has 0 heterocycles. The number of hydrogen-bond acceptors (Lipinski definition) is 3. The summed E-state index contributed by atoms with van der Waals surface area (Å²) < 4.78 is 1.14. The van der Waals surface area contributed by atoms with Gasteiger partial charge in [-0.15, -0.1) is 0 Å². The van der Waals surface area contributed by atoms with Gasteiger partial charge in [-0.1, -0.05) is 35.0 Å². The highest BCUT2D eigenvalue weighted by Crippen LogP contribution is 2.38. The van der Waals surface area contributed by atoms with Gasteiger partial charge in [0, 0.05) is 22.6 Å². The number of nitrogens with zero attached hydrogens (tertiary/aromatic N) is 1. The van der Waals surface area contributed by atoms with E-state index in [4.69, 9.17) is 5.11 Å². The average molecular weight is 381 g/mol. The van der Waals surface area contributed by atoms with Crippen molar-refractivity contribution in [3.63, 3.8) is 0 Å². The van der Waals surface area contributed by atoms with Crippen molar-refractivity contribution >= 4 is 21.9 Å². The van der Waals surface area contributed by atoms with Gasteiger partial charge in [0.1, 0.15) is 0 Å². The minimum Gasteiger partial charge on any atom is -0.480 e. The number of nitrogens with one attached hydrogen (secondary N) is 1. The molecule has 2 fully saturated rings. The lowest BCUT2D eigenvalue weighted by Gasteiger charge is -2.46. The summed E-state index contributed by atoms with van der Waals surface area (Å²) >= 11 is 3.48. The van der Waals surface area contributed by atoms with Gasteiger partial charge in [-0.3, -0.25) is 9.69 Å². The summed E-state index contributed by atoms with van der Waals surface area (Å²) in [6.45, 7) is 3.03. The monoisotopic (exact) mass is 380 g/mol. The number of rotatable bonds is 7. The summed E-state index contributed by atoms with van der Waals surface area (Å²) in [6.07, 6.45) is 4.60. The van der Waals surface area contributed by atoms with E-state index >= 15 is 0 Å². The van der Waals surface area contributed by atoms with Crippen LogP contribution in [0.5, 0.6) is 0 Å². The van der Waals surface area contributed by atoms with Crippen LogP contribution < -0.4 is 5.32 Å². The third kappa shape index (κ3) is 4.14. The quantitative estimate of drug-likeness (QED) is 0.762. The van der Waals surface area contributed by atoms with Crippen LogP contribution in [0.25, 0.3) is 0 Å². The Hall–Kier alpha value is -0.910. The molecule has 1 aromatic carbocycles. The van der Waals surface area contributed by atoms with Gasteiger partial charge in [-0.2, -0.15) is 0 Å². The van der Waals surface area contributed by atoms with Crippen LogP contribution in [-0.2, 0) is 4.79 Å². The van der Waals surface area contributed by atoms with E-state index in [1.54, 1.807) is 0 Å². The van der Waals surface area contributed by atoms with Gasteiger partial charge < -0.3 is 10.4 Å². The number of carboxylic acids is 1. The predicted octanol–water partition coefficient (Wildman–Crippen LogP) is 3.22. The number of aliphatic carboxylic acids is 1. The van der Waals surface area contributed by atoms with Gasteiger partial charge in [0.25, 0.3) is 0 Å². The Morgan fingerprint density at radius 2 is 1.83 bits per heavy atom. The van der Waals surface area contributed by atoms with Crippen molar-refractivity contribution in [1.29, 1.82) is 0 Å². The number of benzene rings is 1. The molecule has 23 heavy (non-hydrogen) atoms. The van der Waals surface area contributed by atoms with Crippen LogP contribution >= 0.6 is 15.9 Å². The highest BCUT2D eigenvalue weighted by Gasteiger charge is 2.38. The number of carbonyl (C=O) groups is 1. The number of carboxylic acid groups (broad SMARTS) is 1. The minimum absolute atomic E-state index is 0.170. The molecule has 5 heteroatoms. The van der Waals surface area contributed by atoms with Crippen LogP contribution in [0.3, 0.4) is 0 Å². The van der Waals surface area contributed by atoms with Crippen LogP contribution in [-0.4, -0.2) is 47.2 Å². The van der Waals surface area contributed by atoms with E-state index in [0.29, 0.717) is 24.0 Å². The zero-order valence-electron chi connectivity index (χ0n) is 13.5. The Bertz CT molecular complexity index is 536. The third-order valence-corrected chi connectivity index (χ3v) is 5.85. The Kier molecular flexibility index (Phi) is 5.39. The molecule has 0 unspecified atom stereocenters. The molecule has 0 aromatic heterocycles. The third-order valence-electron chi connectivity index (χ3n) is 5.33. The van der Waals surface area contributed by atoms with Crippen LogP contribution in [0.15, 0.2) is 28.7 Å². The smallest absolute Gasteiger partial charge is 0.317 e. The van der Waals surface area contributed by atoms with Gasteiger partial charge in [0.05, 0.1) is 6.54 Å². The van der Waals surface area contributed by atoms with Crippen molar-refractivity contribution in [2.45, 2.75) is 56.7 Å². The molecule has 2 aliphatic rings. The highest BCUT2D eigenvalue weighted by atomic mass is 79.9. The lowest BCUT2D eigenvalue weighted by molar-refractivity contribution is -0.139. The molecule has 0 spiro atoms. The number of halogens is 1. The minimum atomic E-state index is -0.723. The molecule has 126 valence electrons. The lowest BCUT2D eigenvalue weighted by atomic mass is 9.74. The molecule has 4 nitrogen and oxygen atoms in total. The molecular formula is C18H25BrN2O2. The summed E-state index contributed by atoms with van der Waals surface area (Å²) in [5.41, 5.74) is 1.44. The van der Waals surface area contributed by atoms with Crippen molar-refractivity contribution in [2.75, 3.05) is 13.1 Å². The van der Waals surface area contributed by atoms with E-state index in [1.807, 2.05) is 6.92 Å². The molecule has 0 amide bonds. The molecule has 0 saturated heterocycles. The molecule has 1 aromatic rings. The van der Waals surface area contributed by atoms with Crippen molar-refractivity contribution in [1.82, 2.24) is 10.2 Å². The Morgan fingerprint density at radius 3 is 2.39 bits per heavy atom. The maximum absolute atomic E-state index is 10.9. The summed E-state index contributed by atoms with van der Waals surface area (Å²) in [6, 6.07) is 10.3. The molecule has 0 radical (unpaired) electrons. The summed E-state index contributed by atoms with van der Waals surface area (Å²) in [4.78, 5) is 12.9. The first-order valence-electron chi connectivity index (χ1n) is 8.52. The van der Waals surface area contributed by atoms with Crippen molar-refractivity contribution in [2.24, 2.45) is 0 Å². The van der Waals surface area contributed by atoms with E-state index in [2.05, 4.69) is 50.4 Å². The van der Waals surface area contributed by atoms with Gasteiger partial charge in [-0.25, -0.2) is 0 Å². The van der Waals surface area contributed by atoms with E-state index in [1.165, 1.54) is 18.4 Å². The second-order valence-corrected chi connectivity index (χ2v) is 7.78.